The molecule has 0 bridgehead atoms. The third kappa shape index (κ3) is 5.47. The number of rotatable bonds is 6. The average Bonchev–Trinajstić information content (AvgIpc) is 3.11. The molecule has 2 aromatic rings. The highest BCUT2D eigenvalue weighted by Crippen LogP contribution is 2.53. The van der Waals surface area contributed by atoms with E-state index in [0.29, 0.717) is 13.0 Å². The Kier molecular flexibility index (Phi) is 8.07. The summed E-state index contributed by atoms with van der Waals surface area (Å²) in [5, 5.41) is 12.3. The number of fused-ring (bicyclic) bond motifs is 2. The number of halogens is 1. The summed E-state index contributed by atoms with van der Waals surface area (Å²) in [7, 11) is -2.00. The van der Waals surface area contributed by atoms with Crippen molar-refractivity contribution in [1.82, 2.24) is 14.6 Å². The smallest absolute Gasteiger partial charge is 0.407 e. The van der Waals surface area contributed by atoms with Crippen molar-refractivity contribution >= 4 is 22.2 Å². The van der Waals surface area contributed by atoms with E-state index in [0.717, 1.165) is 36.1 Å². The van der Waals surface area contributed by atoms with Crippen molar-refractivity contribution in [1.29, 1.82) is 0 Å². The molecule has 0 spiro atoms. The van der Waals surface area contributed by atoms with Crippen LogP contribution in [0.5, 0.6) is 0 Å². The molecule has 0 unspecified atom stereocenters. The topological polar surface area (TPSA) is 109 Å². The number of aromatic nitrogens is 1. The third-order valence-electron chi connectivity index (χ3n) is 8.86. The number of amides is 1. The van der Waals surface area contributed by atoms with Gasteiger partial charge in [0.25, 0.3) is 0 Å². The van der Waals surface area contributed by atoms with Crippen molar-refractivity contribution in [3.63, 3.8) is 0 Å². The van der Waals surface area contributed by atoms with Gasteiger partial charge < -0.3 is 15.2 Å². The molecule has 2 N–H and O–H groups in total. The maximum absolute atomic E-state index is 13.6. The monoisotopic (exact) mass is 557 g/mol. The SMILES string of the molecule is CCOC(=O)N[C@@H]1CC[C@@H]2[C@@H](C1)C[C@@H]1[C@H]([C@H]2C=Cc2ccc(-c3cccc(F)c3)cn2)[C@@H](CO)S(=O)(=O)N1C. The van der Waals surface area contributed by atoms with Crippen LogP contribution in [0.4, 0.5) is 9.18 Å². The van der Waals surface area contributed by atoms with E-state index in [1.807, 2.05) is 24.3 Å². The van der Waals surface area contributed by atoms with Crippen molar-refractivity contribution < 1.29 is 27.4 Å². The molecular formula is C29H36FN3O5S. The number of allylic oxidation sites excluding steroid dienone is 1. The second-order valence-corrected chi connectivity index (χ2v) is 13.1. The van der Waals surface area contributed by atoms with Crippen molar-refractivity contribution in [2.24, 2.45) is 23.7 Å². The van der Waals surface area contributed by atoms with Crippen molar-refractivity contribution in [3.8, 4) is 11.1 Å². The van der Waals surface area contributed by atoms with Crippen LogP contribution in [0.1, 0.15) is 38.3 Å². The standard InChI is InChI=1S/C29H36FN3O5S/c1-3-38-29(35)32-23-10-11-24-20(14-23)15-26-28(27(17-34)39(36,37)33(26)2)25(24)12-9-22-8-7-19(16-31-22)18-5-4-6-21(30)13-18/h4-9,12-13,16,20,23-28,34H,3,10-11,14-15,17H2,1-2H3,(H,32,35)/t20-,23+,24+,25-,26+,27+,28-/m0/s1. The summed E-state index contributed by atoms with van der Waals surface area (Å²) in [4.78, 5) is 16.6. The zero-order valence-corrected chi connectivity index (χ0v) is 23.1. The van der Waals surface area contributed by atoms with E-state index >= 15 is 0 Å². The Labute approximate surface area is 229 Å². The molecule has 1 aliphatic heterocycles. The maximum atomic E-state index is 13.6. The zero-order valence-electron chi connectivity index (χ0n) is 22.2. The van der Waals surface area contributed by atoms with Crippen LogP contribution in [-0.4, -0.2) is 66.5 Å². The third-order valence-corrected chi connectivity index (χ3v) is 11.2. The maximum Gasteiger partial charge on any atom is 0.407 e. The van der Waals surface area contributed by atoms with Crippen molar-refractivity contribution in [2.75, 3.05) is 20.3 Å². The fourth-order valence-electron chi connectivity index (χ4n) is 7.07. The zero-order chi connectivity index (χ0) is 27.7. The highest BCUT2D eigenvalue weighted by molar-refractivity contribution is 7.90. The van der Waals surface area contributed by atoms with E-state index in [1.54, 1.807) is 26.2 Å². The average molecular weight is 558 g/mol. The summed E-state index contributed by atoms with van der Waals surface area (Å²) >= 11 is 0. The fraction of sp³-hybridized carbons (Fsp3) is 0.517. The minimum absolute atomic E-state index is 0.0135. The van der Waals surface area contributed by atoms with Crippen LogP contribution < -0.4 is 5.32 Å². The van der Waals surface area contributed by atoms with Gasteiger partial charge in [-0.15, -0.1) is 0 Å². The lowest BCUT2D eigenvalue weighted by molar-refractivity contribution is 0.0281. The summed E-state index contributed by atoms with van der Waals surface area (Å²) in [5.41, 5.74) is 2.27. The second kappa shape index (κ2) is 11.3. The van der Waals surface area contributed by atoms with Gasteiger partial charge in [-0.05, 0) is 80.2 Å². The number of sulfonamides is 1. The summed E-state index contributed by atoms with van der Waals surface area (Å²) in [6.07, 6.45) is 8.39. The van der Waals surface area contributed by atoms with Gasteiger partial charge in [0, 0.05) is 36.8 Å². The van der Waals surface area contributed by atoms with Gasteiger partial charge >= 0.3 is 6.09 Å². The molecule has 1 aromatic heterocycles. The summed E-state index contributed by atoms with van der Waals surface area (Å²) in [6, 6.07) is 9.90. The minimum atomic E-state index is -3.62. The number of benzene rings is 1. The number of nitrogens with zero attached hydrogens (tertiary/aromatic N) is 2. The van der Waals surface area contributed by atoms with Gasteiger partial charge in [-0.25, -0.2) is 21.9 Å². The van der Waals surface area contributed by atoms with Crippen LogP contribution in [-0.2, 0) is 14.8 Å². The second-order valence-electron chi connectivity index (χ2n) is 10.9. The Bertz CT molecular complexity index is 1320. The molecule has 1 aromatic carbocycles. The molecule has 7 atom stereocenters. The van der Waals surface area contributed by atoms with E-state index in [4.69, 9.17) is 4.74 Å². The van der Waals surface area contributed by atoms with Gasteiger partial charge in [0.1, 0.15) is 11.1 Å². The largest absolute Gasteiger partial charge is 0.450 e. The predicted octanol–water partition coefficient (Wildman–Crippen LogP) is 4.07. The van der Waals surface area contributed by atoms with Gasteiger partial charge in [-0.1, -0.05) is 24.3 Å². The molecule has 3 aliphatic rings. The van der Waals surface area contributed by atoms with Crippen molar-refractivity contribution in [2.45, 2.75) is 49.9 Å². The number of carbonyl (C=O) groups is 1. The number of nitrogens with one attached hydrogen (secondary N) is 1. The number of carbonyl (C=O) groups excluding carboxylic acids is 1. The highest BCUT2D eigenvalue weighted by Gasteiger charge is 2.59. The molecule has 10 heteroatoms. The minimum Gasteiger partial charge on any atom is -0.450 e. The van der Waals surface area contributed by atoms with Gasteiger partial charge in [-0.3, -0.25) is 4.98 Å². The van der Waals surface area contributed by atoms with E-state index in [2.05, 4.69) is 16.4 Å². The molecule has 5 rings (SSSR count). The Balaban J connectivity index is 1.41. The van der Waals surface area contributed by atoms with Gasteiger partial charge in [0.05, 0.1) is 18.9 Å². The molecule has 8 nitrogen and oxygen atoms in total. The summed E-state index contributed by atoms with van der Waals surface area (Å²) in [5.74, 6) is -0.160. The fourth-order valence-corrected chi connectivity index (χ4v) is 9.05. The van der Waals surface area contributed by atoms with Gasteiger partial charge in [0.15, 0.2) is 0 Å². The number of aliphatic hydroxyl groups is 1. The highest BCUT2D eigenvalue weighted by atomic mass is 32.2. The number of aliphatic hydroxyl groups excluding tert-OH is 1. The summed E-state index contributed by atoms with van der Waals surface area (Å²) in [6.45, 7) is 1.67. The molecule has 1 saturated heterocycles. The van der Waals surface area contributed by atoms with E-state index in [1.165, 1.54) is 16.4 Å². The number of ether oxygens (including phenoxy) is 1. The van der Waals surface area contributed by atoms with Crippen molar-refractivity contribution in [3.05, 3.63) is 60.2 Å². The molecule has 2 aliphatic carbocycles. The first-order chi connectivity index (χ1) is 18.7. The Morgan fingerprint density at radius 2 is 2.05 bits per heavy atom. The number of hydrogen-bond donors (Lipinski definition) is 2. The lowest BCUT2D eigenvalue weighted by Gasteiger charge is -2.49. The molecule has 2 heterocycles. The van der Waals surface area contributed by atoms with E-state index < -0.39 is 28.0 Å². The lowest BCUT2D eigenvalue weighted by atomic mass is 9.58. The Morgan fingerprint density at radius 3 is 2.74 bits per heavy atom. The molecule has 0 radical (unpaired) electrons. The Morgan fingerprint density at radius 1 is 1.23 bits per heavy atom. The Hall–Kier alpha value is -2.82. The molecular weight excluding hydrogens is 521 g/mol. The predicted molar refractivity (Wildman–Crippen MR) is 146 cm³/mol. The number of alkyl carbamates (subject to hydrolysis) is 1. The molecule has 210 valence electrons. The summed E-state index contributed by atoms with van der Waals surface area (Å²) < 4.78 is 46.6. The first kappa shape index (κ1) is 27.7. The van der Waals surface area contributed by atoms with E-state index in [9.17, 15) is 22.7 Å². The van der Waals surface area contributed by atoms with Crippen LogP contribution in [0.25, 0.3) is 17.2 Å². The quantitative estimate of drug-likeness (QED) is 0.554. The number of pyridine rings is 1. The van der Waals surface area contributed by atoms with Crippen LogP contribution in [0, 0.1) is 29.5 Å². The van der Waals surface area contributed by atoms with Gasteiger partial charge in [-0.2, -0.15) is 0 Å². The van der Waals surface area contributed by atoms with Crippen LogP contribution in [0.15, 0.2) is 48.7 Å². The van der Waals surface area contributed by atoms with Crippen LogP contribution >= 0.6 is 0 Å². The number of hydrogen-bond acceptors (Lipinski definition) is 6. The normalized spacial score (nSPS) is 31.9. The molecule has 1 amide bonds. The van der Waals surface area contributed by atoms with E-state index in [-0.39, 0.29) is 41.6 Å². The molecule has 3 fully saturated rings. The van der Waals surface area contributed by atoms with Crippen LogP contribution in [0.3, 0.4) is 0 Å². The van der Waals surface area contributed by atoms with Crippen LogP contribution in [0.2, 0.25) is 0 Å². The first-order valence-electron chi connectivity index (χ1n) is 13.6. The molecule has 39 heavy (non-hydrogen) atoms. The van der Waals surface area contributed by atoms with Gasteiger partial charge in [0.2, 0.25) is 10.0 Å². The molecule has 2 saturated carbocycles. The first-order valence-corrected chi connectivity index (χ1v) is 15.1. The lowest BCUT2D eigenvalue weighted by Crippen LogP contribution is -2.51.